The summed E-state index contributed by atoms with van der Waals surface area (Å²) in [6.45, 7) is 5.25. The van der Waals surface area contributed by atoms with Crippen LogP contribution >= 0.6 is 11.6 Å². The van der Waals surface area contributed by atoms with Crippen molar-refractivity contribution in [2.24, 2.45) is 0 Å². The second-order valence-corrected chi connectivity index (χ2v) is 4.92. The van der Waals surface area contributed by atoms with E-state index in [0.29, 0.717) is 22.5 Å². The van der Waals surface area contributed by atoms with Crippen LogP contribution in [0.4, 0.5) is 0 Å². The Morgan fingerprint density at radius 2 is 2.28 bits per heavy atom. The van der Waals surface area contributed by atoms with E-state index in [9.17, 15) is 9.59 Å². The Morgan fingerprint density at radius 3 is 2.78 bits per heavy atom. The maximum Gasteiger partial charge on any atom is 0.264 e. The van der Waals surface area contributed by atoms with Crippen LogP contribution < -0.4 is 10.9 Å². The predicted octanol–water partition coefficient (Wildman–Crippen LogP) is 1.44. The molecule has 0 atom stereocenters. The molecule has 0 saturated heterocycles. The van der Waals surface area contributed by atoms with E-state index >= 15 is 0 Å². The van der Waals surface area contributed by atoms with Crippen LogP contribution in [0.25, 0.3) is 0 Å². The molecule has 6 heteroatoms. The Kier molecular flexibility index (Phi) is 3.52. The number of carbonyl (C=O) groups excluding carboxylic acids is 1. The molecule has 1 fully saturated rings. The van der Waals surface area contributed by atoms with E-state index in [2.05, 4.69) is 21.9 Å². The molecule has 1 aromatic rings. The predicted molar refractivity (Wildman–Crippen MR) is 68.9 cm³/mol. The van der Waals surface area contributed by atoms with E-state index in [0.717, 1.165) is 12.8 Å². The average molecular weight is 268 g/mol. The SMILES string of the molecule is C=C(Cl)CNC(=O)c1c(C)nc(C2CC2)[nH]c1=O. The Morgan fingerprint density at radius 1 is 1.61 bits per heavy atom. The molecule has 0 spiro atoms. The topological polar surface area (TPSA) is 74.8 Å². The van der Waals surface area contributed by atoms with E-state index in [1.807, 2.05) is 0 Å². The lowest BCUT2D eigenvalue weighted by Gasteiger charge is -2.07. The highest BCUT2D eigenvalue weighted by molar-refractivity contribution is 6.29. The molecule has 1 aromatic heterocycles. The minimum atomic E-state index is -0.481. The molecule has 1 saturated carbocycles. The van der Waals surface area contributed by atoms with Gasteiger partial charge in [0, 0.05) is 11.0 Å². The molecule has 1 heterocycles. The number of nitrogens with zero attached hydrogens (tertiary/aromatic N) is 1. The van der Waals surface area contributed by atoms with Gasteiger partial charge in [-0.25, -0.2) is 4.98 Å². The maximum absolute atomic E-state index is 11.9. The van der Waals surface area contributed by atoms with Crippen molar-refractivity contribution in [2.75, 3.05) is 6.54 Å². The highest BCUT2D eigenvalue weighted by Crippen LogP contribution is 2.37. The van der Waals surface area contributed by atoms with Crippen LogP contribution in [-0.4, -0.2) is 22.4 Å². The standard InChI is InChI=1S/C12H14ClN3O2/c1-6(13)5-14-11(17)9-7(2)15-10(8-3-4-8)16-12(9)18/h8H,1,3-5H2,2H3,(H,14,17)(H,15,16,18). The molecule has 2 N–H and O–H groups in total. The van der Waals surface area contributed by atoms with Gasteiger partial charge >= 0.3 is 0 Å². The number of aromatic amines is 1. The summed E-state index contributed by atoms with van der Waals surface area (Å²) in [5.74, 6) is 0.539. The summed E-state index contributed by atoms with van der Waals surface area (Å²) in [6.07, 6.45) is 2.08. The molecule has 0 unspecified atom stereocenters. The van der Waals surface area contributed by atoms with Gasteiger partial charge in [0.1, 0.15) is 11.4 Å². The van der Waals surface area contributed by atoms with Crippen molar-refractivity contribution in [1.82, 2.24) is 15.3 Å². The Balaban J connectivity index is 2.24. The van der Waals surface area contributed by atoms with Gasteiger partial charge in [-0.15, -0.1) is 0 Å². The summed E-state index contributed by atoms with van der Waals surface area (Å²) < 4.78 is 0. The minimum Gasteiger partial charge on any atom is -0.347 e. The zero-order valence-electron chi connectivity index (χ0n) is 10.0. The van der Waals surface area contributed by atoms with Crippen molar-refractivity contribution in [1.29, 1.82) is 0 Å². The van der Waals surface area contributed by atoms with Crippen LogP contribution in [0.3, 0.4) is 0 Å². The fourth-order valence-corrected chi connectivity index (χ4v) is 1.76. The fraction of sp³-hybridized carbons (Fsp3) is 0.417. The van der Waals surface area contributed by atoms with Crippen LogP contribution in [0.5, 0.6) is 0 Å². The summed E-state index contributed by atoms with van der Waals surface area (Å²) in [5, 5.41) is 2.82. The molecular weight excluding hydrogens is 254 g/mol. The highest BCUT2D eigenvalue weighted by atomic mass is 35.5. The van der Waals surface area contributed by atoms with Gasteiger partial charge in [0.05, 0.1) is 12.2 Å². The zero-order chi connectivity index (χ0) is 13.3. The number of amides is 1. The number of hydrogen-bond donors (Lipinski definition) is 2. The van der Waals surface area contributed by atoms with Crippen molar-refractivity contribution in [3.8, 4) is 0 Å². The molecule has 0 aromatic carbocycles. The summed E-state index contributed by atoms with van der Waals surface area (Å²) in [7, 11) is 0. The third kappa shape index (κ3) is 2.79. The van der Waals surface area contributed by atoms with Crippen LogP contribution in [0.1, 0.15) is 40.6 Å². The fourth-order valence-electron chi connectivity index (χ4n) is 1.69. The number of hydrogen-bond acceptors (Lipinski definition) is 3. The van der Waals surface area contributed by atoms with Crippen LogP contribution in [0.15, 0.2) is 16.4 Å². The van der Waals surface area contributed by atoms with E-state index in [4.69, 9.17) is 11.6 Å². The number of aryl methyl sites for hydroxylation is 1. The van der Waals surface area contributed by atoms with Gasteiger partial charge in [0.15, 0.2) is 0 Å². The summed E-state index contributed by atoms with van der Waals surface area (Å²) in [4.78, 5) is 30.6. The lowest BCUT2D eigenvalue weighted by atomic mass is 10.2. The first kappa shape index (κ1) is 12.8. The van der Waals surface area contributed by atoms with Gasteiger partial charge in [0.2, 0.25) is 0 Å². The lowest BCUT2D eigenvalue weighted by Crippen LogP contribution is -2.32. The van der Waals surface area contributed by atoms with Gasteiger partial charge in [-0.1, -0.05) is 18.2 Å². The minimum absolute atomic E-state index is 0.0392. The molecule has 5 nitrogen and oxygen atoms in total. The van der Waals surface area contributed by atoms with Crippen molar-refractivity contribution in [3.63, 3.8) is 0 Å². The largest absolute Gasteiger partial charge is 0.347 e. The van der Waals surface area contributed by atoms with E-state index in [-0.39, 0.29) is 12.1 Å². The van der Waals surface area contributed by atoms with Gasteiger partial charge in [0.25, 0.3) is 11.5 Å². The normalized spacial score (nSPS) is 14.3. The third-order valence-electron chi connectivity index (χ3n) is 2.75. The highest BCUT2D eigenvalue weighted by Gasteiger charge is 2.27. The molecule has 0 bridgehead atoms. The Bertz CT molecular complexity index is 561. The first-order valence-electron chi connectivity index (χ1n) is 5.71. The molecule has 96 valence electrons. The first-order chi connectivity index (χ1) is 8.49. The van der Waals surface area contributed by atoms with Gasteiger partial charge in [-0.3, -0.25) is 9.59 Å². The summed E-state index contributed by atoms with van der Waals surface area (Å²) >= 11 is 5.55. The van der Waals surface area contributed by atoms with Crippen molar-refractivity contribution in [3.05, 3.63) is 39.0 Å². The third-order valence-corrected chi connectivity index (χ3v) is 2.88. The average Bonchev–Trinajstić information content (AvgIpc) is 3.08. The molecule has 18 heavy (non-hydrogen) atoms. The number of rotatable bonds is 4. The van der Waals surface area contributed by atoms with Crippen molar-refractivity contribution >= 4 is 17.5 Å². The van der Waals surface area contributed by atoms with Gasteiger partial charge in [-0.2, -0.15) is 0 Å². The molecule has 1 aliphatic carbocycles. The smallest absolute Gasteiger partial charge is 0.264 e. The number of carbonyl (C=O) groups is 1. The molecule has 1 aliphatic rings. The molecule has 2 rings (SSSR count). The van der Waals surface area contributed by atoms with Crippen LogP contribution in [0, 0.1) is 6.92 Å². The molecule has 0 aliphatic heterocycles. The van der Waals surface area contributed by atoms with Gasteiger partial charge < -0.3 is 10.3 Å². The monoisotopic (exact) mass is 267 g/mol. The molecule has 1 amide bonds. The number of nitrogens with one attached hydrogen (secondary N) is 2. The second-order valence-electron chi connectivity index (χ2n) is 4.39. The van der Waals surface area contributed by atoms with Crippen molar-refractivity contribution in [2.45, 2.75) is 25.7 Å². The zero-order valence-corrected chi connectivity index (χ0v) is 10.8. The van der Waals surface area contributed by atoms with Gasteiger partial charge in [-0.05, 0) is 19.8 Å². The lowest BCUT2D eigenvalue weighted by molar-refractivity contribution is 0.0955. The number of aromatic nitrogens is 2. The number of halogens is 1. The Labute approximate surface area is 109 Å². The van der Waals surface area contributed by atoms with Crippen LogP contribution in [0.2, 0.25) is 0 Å². The second kappa shape index (κ2) is 4.94. The number of H-pyrrole nitrogens is 1. The summed E-state index contributed by atoms with van der Waals surface area (Å²) in [5.41, 5.74) is 0.0812. The van der Waals surface area contributed by atoms with Crippen LogP contribution in [-0.2, 0) is 0 Å². The molecular formula is C12H14ClN3O2. The quantitative estimate of drug-likeness (QED) is 0.867. The van der Waals surface area contributed by atoms with E-state index in [1.165, 1.54) is 0 Å². The van der Waals surface area contributed by atoms with Crippen molar-refractivity contribution < 1.29 is 4.79 Å². The first-order valence-corrected chi connectivity index (χ1v) is 6.09. The Hall–Kier alpha value is -1.62. The van der Waals surface area contributed by atoms with E-state index < -0.39 is 11.5 Å². The molecule has 0 radical (unpaired) electrons. The summed E-state index contributed by atoms with van der Waals surface area (Å²) in [6, 6.07) is 0. The van der Waals surface area contributed by atoms with E-state index in [1.54, 1.807) is 6.92 Å². The maximum atomic E-state index is 11.9.